The quantitative estimate of drug-likeness (QED) is 0.418. The van der Waals surface area contributed by atoms with Crippen molar-refractivity contribution in [3.8, 4) is 18.2 Å². The van der Waals surface area contributed by atoms with Crippen molar-refractivity contribution in [2.75, 3.05) is 18.5 Å². The Morgan fingerprint density at radius 3 is 2.59 bits per heavy atom. The molecule has 1 aromatic heterocycles. The summed E-state index contributed by atoms with van der Waals surface area (Å²) in [5.74, 6) is 3.62. The van der Waals surface area contributed by atoms with Gasteiger partial charge in [0.25, 0.3) is 0 Å². The largest absolute Gasteiger partial charge is 0.475 e. The molecule has 0 fully saturated rings. The summed E-state index contributed by atoms with van der Waals surface area (Å²) in [5.41, 5.74) is 2.73. The number of rotatable bonds is 7. The lowest BCUT2D eigenvalue weighted by Crippen LogP contribution is -2.41. The van der Waals surface area contributed by atoms with E-state index in [1.54, 1.807) is 12.3 Å². The van der Waals surface area contributed by atoms with Gasteiger partial charge < -0.3 is 14.5 Å². The average molecular weight is 384 g/mol. The molecule has 2 rings (SSSR count). The van der Waals surface area contributed by atoms with Crippen molar-refractivity contribution in [3.05, 3.63) is 41.6 Å². The summed E-state index contributed by atoms with van der Waals surface area (Å²) in [6.07, 6.45) is 7.16. The number of hydrogen-bond acceptors (Lipinski definition) is 5. The number of aromatic nitrogens is 2. The maximum absolute atomic E-state index is 6.12. The van der Waals surface area contributed by atoms with E-state index < -0.39 is 8.32 Å². The van der Waals surface area contributed by atoms with Crippen LogP contribution in [0.2, 0.25) is 18.1 Å². The van der Waals surface area contributed by atoms with Gasteiger partial charge in [-0.2, -0.15) is 4.98 Å². The normalized spacial score (nSPS) is 11.7. The van der Waals surface area contributed by atoms with Crippen LogP contribution in [0.25, 0.3) is 0 Å². The second-order valence-corrected chi connectivity index (χ2v) is 12.8. The molecule has 1 N–H and O–H groups in total. The molecule has 0 aliphatic carbocycles. The van der Waals surface area contributed by atoms with Crippen LogP contribution < -0.4 is 10.1 Å². The fourth-order valence-electron chi connectivity index (χ4n) is 2.21. The summed E-state index contributed by atoms with van der Waals surface area (Å²) in [4.78, 5) is 8.64. The van der Waals surface area contributed by atoms with E-state index in [2.05, 4.69) is 55.1 Å². The molecule has 27 heavy (non-hydrogen) atoms. The van der Waals surface area contributed by atoms with Gasteiger partial charge in [-0.25, -0.2) is 4.98 Å². The highest BCUT2D eigenvalue weighted by Gasteiger charge is 2.36. The van der Waals surface area contributed by atoms with E-state index in [0.717, 1.165) is 16.8 Å². The first-order chi connectivity index (χ1) is 12.6. The summed E-state index contributed by atoms with van der Waals surface area (Å²) < 4.78 is 11.9. The lowest BCUT2D eigenvalue weighted by Gasteiger charge is -2.36. The van der Waals surface area contributed by atoms with E-state index in [-0.39, 0.29) is 5.04 Å². The number of ether oxygens (including phenoxy) is 1. The standard InChI is InChI=1S/C21H29N3O2Si/c1-8-17-13-16(2)14-18(15-17)23-20-22-10-9-19(24-20)25-11-12-26-27(6,7)21(3,4)5/h1,9-10,13-15H,11-12H2,2-7H3,(H,22,23,24). The van der Waals surface area contributed by atoms with Gasteiger partial charge >= 0.3 is 0 Å². The molecule has 0 spiro atoms. The van der Waals surface area contributed by atoms with Crippen molar-refractivity contribution in [1.82, 2.24) is 9.97 Å². The van der Waals surface area contributed by atoms with Crippen molar-refractivity contribution < 1.29 is 9.16 Å². The Kier molecular flexibility index (Phi) is 6.63. The summed E-state index contributed by atoms with van der Waals surface area (Å²) in [5, 5.41) is 3.36. The lowest BCUT2D eigenvalue weighted by molar-refractivity contribution is 0.199. The molecule has 6 heteroatoms. The molecule has 0 amide bonds. The summed E-state index contributed by atoms with van der Waals surface area (Å²) in [6, 6.07) is 7.57. The molecule has 1 aromatic carbocycles. The molecule has 0 aliphatic rings. The van der Waals surface area contributed by atoms with E-state index in [0.29, 0.717) is 25.0 Å². The van der Waals surface area contributed by atoms with Gasteiger partial charge in [0.2, 0.25) is 11.8 Å². The molecule has 0 aliphatic heterocycles. The van der Waals surface area contributed by atoms with Gasteiger partial charge in [-0.1, -0.05) is 26.7 Å². The molecule has 5 nitrogen and oxygen atoms in total. The zero-order valence-corrected chi connectivity index (χ0v) is 18.1. The van der Waals surface area contributed by atoms with Crippen LogP contribution in [-0.2, 0) is 4.43 Å². The van der Waals surface area contributed by atoms with Crippen molar-refractivity contribution in [2.24, 2.45) is 0 Å². The molecule has 0 radical (unpaired) electrons. The zero-order chi connectivity index (χ0) is 20.1. The SMILES string of the molecule is C#Cc1cc(C)cc(Nc2nccc(OCCO[Si](C)(C)C(C)(C)C)n2)c1. The molecule has 2 aromatic rings. The number of terminal acetylenes is 1. The highest BCUT2D eigenvalue weighted by Crippen LogP contribution is 2.36. The number of benzene rings is 1. The van der Waals surface area contributed by atoms with E-state index in [1.165, 1.54) is 0 Å². The second kappa shape index (κ2) is 8.55. The molecule has 0 bridgehead atoms. The molecule has 0 unspecified atom stereocenters. The van der Waals surface area contributed by atoms with E-state index in [1.807, 2.05) is 25.1 Å². The van der Waals surface area contributed by atoms with Crippen LogP contribution in [0.3, 0.4) is 0 Å². The lowest BCUT2D eigenvalue weighted by atomic mass is 10.1. The van der Waals surface area contributed by atoms with Crippen LogP contribution in [0.15, 0.2) is 30.5 Å². The topological polar surface area (TPSA) is 56.3 Å². The van der Waals surface area contributed by atoms with Gasteiger partial charge in [-0.05, 0) is 48.8 Å². The molecule has 0 saturated heterocycles. The maximum Gasteiger partial charge on any atom is 0.230 e. The first kappa shape index (κ1) is 20.9. The van der Waals surface area contributed by atoms with Crippen LogP contribution >= 0.6 is 0 Å². The van der Waals surface area contributed by atoms with E-state index >= 15 is 0 Å². The Labute approximate surface area is 163 Å². The highest BCUT2D eigenvalue weighted by molar-refractivity contribution is 6.74. The fourth-order valence-corrected chi connectivity index (χ4v) is 3.24. The summed E-state index contributed by atoms with van der Waals surface area (Å²) in [6.45, 7) is 14.1. The maximum atomic E-state index is 6.12. The Hall–Kier alpha value is -2.36. The van der Waals surface area contributed by atoms with Crippen molar-refractivity contribution in [2.45, 2.75) is 45.8 Å². The molecular formula is C21H29N3O2Si. The molecule has 0 saturated carbocycles. The molecule has 1 heterocycles. The number of anilines is 2. The van der Waals surface area contributed by atoms with Crippen LogP contribution in [0.1, 0.15) is 31.9 Å². The smallest absolute Gasteiger partial charge is 0.230 e. The minimum atomic E-state index is -1.76. The molecule has 0 atom stereocenters. The second-order valence-electron chi connectivity index (χ2n) is 8.03. The van der Waals surface area contributed by atoms with Crippen LogP contribution in [0.5, 0.6) is 5.88 Å². The minimum Gasteiger partial charge on any atom is -0.475 e. The minimum absolute atomic E-state index is 0.185. The third kappa shape index (κ3) is 6.09. The molecule has 144 valence electrons. The van der Waals surface area contributed by atoms with Crippen LogP contribution in [0, 0.1) is 19.3 Å². The fraction of sp³-hybridized carbons (Fsp3) is 0.429. The monoisotopic (exact) mass is 383 g/mol. The van der Waals surface area contributed by atoms with Gasteiger partial charge in [0.05, 0.1) is 6.61 Å². The van der Waals surface area contributed by atoms with Crippen molar-refractivity contribution in [3.63, 3.8) is 0 Å². The van der Waals surface area contributed by atoms with Crippen LogP contribution in [0.4, 0.5) is 11.6 Å². The Bertz CT molecular complexity index is 823. The van der Waals surface area contributed by atoms with Crippen LogP contribution in [-0.4, -0.2) is 31.5 Å². The van der Waals surface area contributed by atoms with Crippen molar-refractivity contribution in [1.29, 1.82) is 0 Å². The van der Waals surface area contributed by atoms with Gasteiger partial charge in [0.15, 0.2) is 8.32 Å². The number of nitrogens with zero attached hydrogens (tertiary/aromatic N) is 2. The predicted molar refractivity (Wildman–Crippen MR) is 113 cm³/mol. The van der Waals surface area contributed by atoms with E-state index in [4.69, 9.17) is 15.6 Å². The molecular weight excluding hydrogens is 354 g/mol. The Morgan fingerprint density at radius 2 is 1.93 bits per heavy atom. The first-order valence-corrected chi connectivity index (χ1v) is 12.0. The van der Waals surface area contributed by atoms with Gasteiger partial charge in [-0.15, -0.1) is 6.42 Å². The zero-order valence-electron chi connectivity index (χ0n) is 17.1. The third-order valence-electron chi connectivity index (χ3n) is 4.73. The first-order valence-electron chi connectivity index (χ1n) is 9.06. The Morgan fingerprint density at radius 1 is 1.19 bits per heavy atom. The van der Waals surface area contributed by atoms with Gasteiger partial charge in [0.1, 0.15) is 6.61 Å². The average Bonchev–Trinajstić information content (AvgIpc) is 2.57. The summed E-state index contributed by atoms with van der Waals surface area (Å²) in [7, 11) is -1.76. The highest BCUT2D eigenvalue weighted by atomic mass is 28.4. The van der Waals surface area contributed by atoms with Gasteiger partial charge in [-0.3, -0.25) is 0 Å². The van der Waals surface area contributed by atoms with E-state index in [9.17, 15) is 0 Å². The number of nitrogens with one attached hydrogen (secondary N) is 1. The number of aryl methyl sites for hydroxylation is 1. The number of hydrogen-bond donors (Lipinski definition) is 1. The third-order valence-corrected chi connectivity index (χ3v) is 9.27. The summed E-state index contributed by atoms with van der Waals surface area (Å²) >= 11 is 0. The Balaban J connectivity index is 1.94. The predicted octanol–water partition coefficient (Wildman–Crippen LogP) is 4.91. The van der Waals surface area contributed by atoms with Crippen molar-refractivity contribution >= 4 is 20.0 Å². The van der Waals surface area contributed by atoms with Gasteiger partial charge in [0, 0.05) is 23.5 Å².